The minimum Gasteiger partial charge on any atom is -0.351 e. The van der Waals surface area contributed by atoms with Crippen LogP contribution in [0.3, 0.4) is 0 Å². The first-order valence-corrected chi connectivity index (χ1v) is 10.9. The molecule has 0 saturated heterocycles. The number of hydrogen-bond donors (Lipinski definition) is 0. The highest BCUT2D eigenvalue weighted by Crippen LogP contribution is 2.46. The third kappa shape index (κ3) is 10.6. The molecule has 15 heavy (non-hydrogen) atoms. The first-order valence-electron chi connectivity index (χ1n) is 5.55. The van der Waals surface area contributed by atoms with E-state index in [0.717, 1.165) is 12.8 Å². The predicted molar refractivity (Wildman–Crippen MR) is 68.0 cm³/mol. The molecule has 0 aliphatic heterocycles. The van der Waals surface area contributed by atoms with Gasteiger partial charge < -0.3 is 8.74 Å². The average Bonchev–Trinajstić information content (AvgIpc) is 1.93. The van der Waals surface area contributed by atoms with Gasteiger partial charge in [-0.3, -0.25) is 4.57 Å². The van der Waals surface area contributed by atoms with E-state index in [1.807, 2.05) is 19.6 Å². The van der Waals surface area contributed by atoms with Gasteiger partial charge in [-0.15, -0.1) is 0 Å². The molecule has 0 radical (unpaired) electrons. The summed E-state index contributed by atoms with van der Waals surface area (Å²) in [7, 11) is -4.58. The summed E-state index contributed by atoms with van der Waals surface area (Å²) in [5.74, 6) is 0.669. The zero-order chi connectivity index (χ0) is 12.1. The average molecular weight is 252 g/mol. The van der Waals surface area contributed by atoms with E-state index < -0.39 is 15.9 Å². The van der Waals surface area contributed by atoms with Crippen LogP contribution in [-0.4, -0.2) is 21.6 Å². The summed E-state index contributed by atoms with van der Waals surface area (Å²) in [5, 5.41) is 0. The minimum atomic E-state index is -2.81. The Balaban J connectivity index is 3.80. The van der Waals surface area contributed by atoms with Gasteiger partial charge in [-0.25, -0.2) is 0 Å². The fourth-order valence-electron chi connectivity index (χ4n) is 1.25. The van der Waals surface area contributed by atoms with Crippen molar-refractivity contribution in [2.24, 2.45) is 5.92 Å². The first kappa shape index (κ1) is 15.4. The Labute approximate surface area is 95.2 Å². The summed E-state index contributed by atoms with van der Waals surface area (Å²) >= 11 is 0. The van der Waals surface area contributed by atoms with E-state index in [4.69, 9.17) is 8.74 Å². The van der Waals surface area contributed by atoms with Crippen molar-refractivity contribution < 1.29 is 13.3 Å². The van der Waals surface area contributed by atoms with Crippen LogP contribution in [0.15, 0.2) is 0 Å². The molecule has 3 nitrogen and oxygen atoms in total. The van der Waals surface area contributed by atoms with Gasteiger partial charge in [-0.05, 0) is 38.4 Å². The molecule has 0 amide bonds. The lowest BCUT2D eigenvalue weighted by molar-refractivity contribution is 0.257. The second kappa shape index (κ2) is 6.19. The fraction of sp³-hybridized carbons (Fsp3) is 1.00. The van der Waals surface area contributed by atoms with Crippen molar-refractivity contribution in [2.75, 3.05) is 13.3 Å². The van der Waals surface area contributed by atoms with Crippen molar-refractivity contribution in [3.63, 3.8) is 0 Å². The van der Waals surface area contributed by atoms with Crippen LogP contribution in [0.5, 0.6) is 0 Å². The first-order chi connectivity index (χ1) is 6.62. The molecule has 0 aromatic carbocycles. The van der Waals surface area contributed by atoms with E-state index in [-0.39, 0.29) is 0 Å². The van der Waals surface area contributed by atoms with Crippen molar-refractivity contribution in [3.8, 4) is 0 Å². The van der Waals surface area contributed by atoms with Gasteiger partial charge in [0.2, 0.25) is 0 Å². The van der Waals surface area contributed by atoms with Crippen molar-refractivity contribution in [1.29, 1.82) is 0 Å². The van der Waals surface area contributed by atoms with Gasteiger partial charge in [0, 0.05) is 6.66 Å². The largest absolute Gasteiger partial charge is 0.351 e. The quantitative estimate of drug-likeness (QED) is 0.388. The van der Waals surface area contributed by atoms with Crippen LogP contribution in [0.1, 0.15) is 26.7 Å². The van der Waals surface area contributed by atoms with Crippen LogP contribution in [-0.2, 0) is 13.3 Å². The topological polar surface area (TPSA) is 35.5 Å². The molecule has 0 N–H and O–H groups in total. The van der Waals surface area contributed by atoms with Crippen LogP contribution in [0, 0.1) is 5.92 Å². The second-order valence-electron chi connectivity index (χ2n) is 5.34. The molecular formula is C10H25O3PSi. The summed E-state index contributed by atoms with van der Waals surface area (Å²) in [6, 6.07) is 0. The molecule has 1 atom stereocenters. The molecule has 0 aliphatic carbocycles. The normalized spacial score (nSPS) is 16.7. The fourth-order valence-corrected chi connectivity index (χ4v) is 5.90. The molecule has 92 valence electrons. The van der Waals surface area contributed by atoms with E-state index in [9.17, 15) is 4.57 Å². The number of hydrogen-bond acceptors (Lipinski definition) is 3. The van der Waals surface area contributed by atoms with Gasteiger partial charge in [-0.1, -0.05) is 13.8 Å². The van der Waals surface area contributed by atoms with Crippen LogP contribution in [0.2, 0.25) is 19.6 Å². The molecule has 0 heterocycles. The smallest absolute Gasteiger partial charge is 0.318 e. The molecule has 0 aromatic rings. The van der Waals surface area contributed by atoms with E-state index in [1.54, 1.807) is 6.66 Å². The molecule has 0 aliphatic rings. The second-order valence-corrected chi connectivity index (χ2v) is 12.1. The zero-order valence-electron chi connectivity index (χ0n) is 10.9. The van der Waals surface area contributed by atoms with Crippen molar-refractivity contribution in [2.45, 2.75) is 46.3 Å². The summed E-state index contributed by atoms with van der Waals surface area (Å²) in [6.07, 6.45) is 2.05. The van der Waals surface area contributed by atoms with Crippen molar-refractivity contribution in [3.05, 3.63) is 0 Å². The molecule has 1 unspecified atom stereocenters. The standard InChI is InChI=1S/C10H25O3PSi/c1-10(2)8-7-9-12-14(3,11)13-15(4,5)6/h10H,7-9H2,1-6H3. The van der Waals surface area contributed by atoms with Gasteiger partial charge in [-0.2, -0.15) is 0 Å². The molecule has 0 saturated carbocycles. The van der Waals surface area contributed by atoms with Crippen LogP contribution in [0.25, 0.3) is 0 Å². The van der Waals surface area contributed by atoms with Gasteiger partial charge >= 0.3 is 7.60 Å². The Morgan fingerprint density at radius 1 is 1.27 bits per heavy atom. The molecule has 0 spiro atoms. The van der Waals surface area contributed by atoms with Gasteiger partial charge in [0.1, 0.15) is 0 Å². The number of rotatable bonds is 7. The summed E-state index contributed by atoms with van der Waals surface area (Å²) < 4.78 is 22.7. The monoisotopic (exact) mass is 252 g/mol. The Bertz CT molecular complexity index is 223. The van der Waals surface area contributed by atoms with Gasteiger partial charge in [0.15, 0.2) is 8.32 Å². The van der Waals surface area contributed by atoms with Crippen molar-refractivity contribution >= 4 is 15.9 Å². The van der Waals surface area contributed by atoms with Gasteiger partial charge in [0.25, 0.3) is 0 Å². The maximum absolute atomic E-state index is 11.9. The maximum Gasteiger partial charge on any atom is 0.318 e. The van der Waals surface area contributed by atoms with Crippen molar-refractivity contribution in [1.82, 2.24) is 0 Å². The summed E-state index contributed by atoms with van der Waals surface area (Å²) in [6.45, 7) is 12.5. The van der Waals surface area contributed by atoms with Crippen LogP contribution < -0.4 is 0 Å². The molecule has 0 aromatic heterocycles. The van der Waals surface area contributed by atoms with Crippen LogP contribution >= 0.6 is 7.60 Å². The molecule has 0 fully saturated rings. The Hall–Kier alpha value is 0.367. The van der Waals surface area contributed by atoms with E-state index >= 15 is 0 Å². The highest BCUT2D eigenvalue weighted by molar-refractivity contribution is 7.54. The summed E-state index contributed by atoms with van der Waals surface area (Å²) in [5.41, 5.74) is 0. The third-order valence-electron chi connectivity index (χ3n) is 1.69. The zero-order valence-corrected chi connectivity index (χ0v) is 12.8. The lowest BCUT2D eigenvalue weighted by Crippen LogP contribution is -2.24. The SMILES string of the molecule is CC(C)CCCOP(C)(=O)O[Si](C)(C)C. The maximum atomic E-state index is 11.9. The Kier molecular flexibility index (Phi) is 6.34. The van der Waals surface area contributed by atoms with Crippen LogP contribution in [0.4, 0.5) is 0 Å². The lowest BCUT2D eigenvalue weighted by Gasteiger charge is -2.23. The molecule has 0 bridgehead atoms. The Morgan fingerprint density at radius 2 is 1.80 bits per heavy atom. The van der Waals surface area contributed by atoms with E-state index in [0.29, 0.717) is 12.5 Å². The lowest BCUT2D eigenvalue weighted by atomic mass is 10.1. The molecule has 0 rings (SSSR count). The summed E-state index contributed by atoms with van der Waals surface area (Å²) in [4.78, 5) is 0. The van der Waals surface area contributed by atoms with Gasteiger partial charge in [0.05, 0.1) is 6.61 Å². The highest BCUT2D eigenvalue weighted by atomic mass is 31.2. The molecular weight excluding hydrogens is 227 g/mol. The predicted octanol–water partition coefficient (Wildman–Crippen LogP) is 4.11. The Morgan fingerprint density at radius 3 is 2.20 bits per heavy atom. The highest BCUT2D eigenvalue weighted by Gasteiger charge is 2.26. The molecule has 5 heteroatoms. The van der Waals surface area contributed by atoms with E-state index in [1.165, 1.54) is 0 Å². The van der Waals surface area contributed by atoms with E-state index in [2.05, 4.69) is 13.8 Å². The third-order valence-corrected chi connectivity index (χ3v) is 5.86. The minimum absolute atomic E-state index is 0.538.